The van der Waals surface area contributed by atoms with E-state index in [1.165, 1.54) is 37.2 Å². The van der Waals surface area contributed by atoms with Gasteiger partial charge in [-0.2, -0.15) is 0 Å². The number of nitrogens with one attached hydrogen (secondary N) is 1. The minimum atomic E-state index is 0.408. The second-order valence-corrected chi connectivity index (χ2v) is 10.6. The highest BCUT2D eigenvalue weighted by molar-refractivity contribution is 5.37. The monoisotopic (exact) mass is 463 g/mol. The molecule has 2 heterocycles. The van der Waals surface area contributed by atoms with Crippen LogP contribution < -0.4 is 5.32 Å². The van der Waals surface area contributed by atoms with Crippen molar-refractivity contribution in [2.45, 2.75) is 79.2 Å². The fourth-order valence-corrected chi connectivity index (χ4v) is 5.05. The van der Waals surface area contributed by atoms with E-state index in [0.29, 0.717) is 23.8 Å². The van der Waals surface area contributed by atoms with Gasteiger partial charge >= 0.3 is 0 Å². The maximum Gasteiger partial charge on any atom is 0.102 e. The molecule has 188 valence electrons. The first kappa shape index (κ1) is 26.6. The Hall–Kier alpha value is -2.00. The molecule has 1 fully saturated rings. The molecule has 1 saturated heterocycles. The zero-order valence-corrected chi connectivity index (χ0v) is 22.5. The van der Waals surface area contributed by atoms with Crippen LogP contribution in [0.1, 0.15) is 73.1 Å². The molecule has 2 aliphatic heterocycles. The highest BCUT2D eigenvalue weighted by atomic mass is 15.4. The van der Waals surface area contributed by atoms with Gasteiger partial charge in [-0.1, -0.05) is 83.2 Å². The van der Waals surface area contributed by atoms with Crippen molar-refractivity contribution in [2.24, 2.45) is 17.8 Å². The molecule has 0 aromatic rings. The minimum absolute atomic E-state index is 0.408. The Morgan fingerprint density at radius 1 is 1.12 bits per heavy atom. The average molecular weight is 464 g/mol. The molecule has 3 rings (SSSR count). The number of hydrogen-bond donors (Lipinski definition) is 1. The zero-order chi connectivity index (χ0) is 24.5. The van der Waals surface area contributed by atoms with E-state index in [9.17, 15) is 0 Å². The van der Waals surface area contributed by atoms with Crippen LogP contribution in [0.5, 0.6) is 0 Å². The summed E-state index contributed by atoms with van der Waals surface area (Å²) in [5.74, 6) is 3.12. The van der Waals surface area contributed by atoms with E-state index in [4.69, 9.17) is 0 Å². The van der Waals surface area contributed by atoms with Crippen molar-refractivity contribution >= 4 is 0 Å². The number of allylic oxidation sites excluding steroid dienone is 7. The first-order valence-corrected chi connectivity index (χ1v) is 13.8. The molecule has 3 nitrogen and oxygen atoms in total. The van der Waals surface area contributed by atoms with Crippen LogP contribution in [0.25, 0.3) is 0 Å². The largest absolute Gasteiger partial charge is 0.356 e. The summed E-state index contributed by atoms with van der Waals surface area (Å²) in [7, 11) is 0. The Bertz CT molecular complexity index is 820. The van der Waals surface area contributed by atoms with Gasteiger partial charge in [0, 0.05) is 31.9 Å². The predicted octanol–water partition coefficient (Wildman–Crippen LogP) is 7.20. The topological polar surface area (TPSA) is 18.5 Å². The van der Waals surface area contributed by atoms with Crippen molar-refractivity contribution < 1.29 is 0 Å². The molecule has 0 bridgehead atoms. The summed E-state index contributed by atoms with van der Waals surface area (Å²) < 4.78 is 0. The van der Waals surface area contributed by atoms with Gasteiger partial charge in [0.25, 0.3) is 0 Å². The molecule has 3 heteroatoms. The van der Waals surface area contributed by atoms with Crippen molar-refractivity contribution in [3.05, 3.63) is 71.8 Å². The SMILES string of the molecule is C=C(N1CCNCC1)N1C(C=CCC(C=CC(C)C(C)C)CC)=CCC1C1=CC=C(CC)CC1. The number of nitrogens with zero attached hydrogens (tertiary/aromatic N) is 2. The molecule has 1 aliphatic carbocycles. The van der Waals surface area contributed by atoms with Crippen LogP contribution in [0.2, 0.25) is 0 Å². The third kappa shape index (κ3) is 7.01. The molecule has 3 unspecified atom stereocenters. The molecule has 0 aromatic heterocycles. The lowest BCUT2D eigenvalue weighted by atomic mass is 9.91. The van der Waals surface area contributed by atoms with E-state index < -0.39 is 0 Å². The van der Waals surface area contributed by atoms with E-state index in [1.807, 2.05) is 0 Å². The standard InChI is InChI=1S/C31H49N3/c1-7-27(13-12-25(5)24(3)4)10-9-11-30-18-19-31(29-16-14-28(8-2)15-17-29)34(30)26(6)33-22-20-32-21-23-33/h9,11-14,16,18,24-25,27,31-32H,6-8,10,15,17,19-23H2,1-5H3. The van der Waals surface area contributed by atoms with E-state index >= 15 is 0 Å². The molecular weight excluding hydrogens is 414 g/mol. The Morgan fingerprint density at radius 2 is 1.88 bits per heavy atom. The molecule has 3 atom stereocenters. The fourth-order valence-electron chi connectivity index (χ4n) is 5.05. The minimum Gasteiger partial charge on any atom is -0.356 e. The Labute approximate surface area is 210 Å². The van der Waals surface area contributed by atoms with Crippen molar-refractivity contribution in [3.63, 3.8) is 0 Å². The second kappa shape index (κ2) is 13.2. The van der Waals surface area contributed by atoms with Crippen LogP contribution >= 0.6 is 0 Å². The van der Waals surface area contributed by atoms with Crippen molar-refractivity contribution in [3.8, 4) is 0 Å². The van der Waals surface area contributed by atoms with E-state index in [1.54, 1.807) is 11.1 Å². The first-order chi connectivity index (χ1) is 16.4. The third-order valence-electron chi connectivity index (χ3n) is 8.04. The smallest absolute Gasteiger partial charge is 0.102 e. The average Bonchev–Trinajstić information content (AvgIpc) is 3.29. The fraction of sp³-hybridized carbons (Fsp3) is 0.613. The summed E-state index contributed by atoms with van der Waals surface area (Å²) in [6, 6.07) is 0.408. The second-order valence-electron chi connectivity index (χ2n) is 10.6. The summed E-state index contributed by atoms with van der Waals surface area (Å²) in [4.78, 5) is 5.01. The number of rotatable bonds is 11. The van der Waals surface area contributed by atoms with Gasteiger partial charge in [-0.05, 0) is 67.9 Å². The highest BCUT2D eigenvalue weighted by Crippen LogP contribution is 2.36. The van der Waals surface area contributed by atoms with Gasteiger partial charge in [0.15, 0.2) is 0 Å². The summed E-state index contributed by atoms with van der Waals surface area (Å²) in [6.07, 6.45) is 23.8. The molecule has 3 aliphatic rings. The van der Waals surface area contributed by atoms with Gasteiger partial charge < -0.3 is 15.1 Å². The van der Waals surface area contributed by atoms with Crippen LogP contribution in [0.4, 0.5) is 0 Å². The molecule has 1 N–H and O–H groups in total. The Balaban J connectivity index is 1.73. The van der Waals surface area contributed by atoms with Gasteiger partial charge in [0.1, 0.15) is 5.82 Å². The summed E-state index contributed by atoms with van der Waals surface area (Å²) in [5, 5.41) is 3.48. The van der Waals surface area contributed by atoms with Crippen LogP contribution in [0, 0.1) is 17.8 Å². The van der Waals surface area contributed by atoms with Crippen molar-refractivity contribution in [2.75, 3.05) is 26.2 Å². The van der Waals surface area contributed by atoms with Crippen LogP contribution in [-0.4, -0.2) is 42.0 Å². The quantitative estimate of drug-likeness (QED) is 0.327. The maximum atomic E-state index is 4.61. The molecule has 0 saturated carbocycles. The molecule has 0 amide bonds. The van der Waals surface area contributed by atoms with Gasteiger partial charge in [0.05, 0.1) is 6.04 Å². The van der Waals surface area contributed by atoms with Crippen molar-refractivity contribution in [1.29, 1.82) is 0 Å². The van der Waals surface area contributed by atoms with Crippen LogP contribution in [0.15, 0.2) is 71.8 Å². The van der Waals surface area contributed by atoms with Gasteiger partial charge in [-0.15, -0.1) is 0 Å². The van der Waals surface area contributed by atoms with Gasteiger partial charge in [-0.25, -0.2) is 0 Å². The van der Waals surface area contributed by atoms with Gasteiger partial charge in [0.2, 0.25) is 0 Å². The Kier molecular flexibility index (Phi) is 10.3. The molecular formula is C31H49N3. The molecule has 0 aromatic carbocycles. The highest BCUT2D eigenvalue weighted by Gasteiger charge is 2.32. The van der Waals surface area contributed by atoms with E-state index in [0.717, 1.165) is 39.0 Å². The summed E-state index contributed by atoms with van der Waals surface area (Å²) in [5.41, 5.74) is 4.46. The van der Waals surface area contributed by atoms with E-state index in [2.05, 4.69) is 98.8 Å². The maximum absolute atomic E-state index is 4.61. The Morgan fingerprint density at radius 3 is 2.50 bits per heavy atom. The van der Waals surface area contributed by atoms with Gasteiger partial charge in [-0.3, -0.25) is 0 Å². The summed E-state index contributed by atoms with van der Waals surface area (Å²) >= 11 is 0. The molecule has 0 spiro atoms. The summed E-state index contributed by atoms with van der Waals surface area (Å²) in [6.45, 7) is 20.3. The normalized spacial score (nSPS) is 23.5. The lowest BCUT2D eigenvalue weighted by molar-refractivity contribution is 0.208. The number of piperazine rings is 1. The number of hydrogen-bond acceptors (Lipinski definition) is 3. The molecule has 34 heavy (non-hydrogen) atoms. The lowest BCUT2D eigenvalue weighted by Gasteiger charge is -2.40. The lowest BCUT2D eigenvalue weighted by Crippen LogP contribution is -2.47. The van der Waals surface area contributed by atoms with Crippen LogP contribution in [0.3, 0.4) is 0 Å². The third-order valence-corrected chi connectivity index (χ3v) is 8.04. The van der Waals surface area contributed by atoms with E-state index in [-0.39, 0.29) is 0 Å². The first-order valence-electron chi connectivity index (χ1n) is 13.8. The van der Waals surface area contributed by atoms with Crippen molar-refractivity contribution in [1.82, 2.24) is 15.1 Å². The molecule has 0 radical (unpaired) electrons. The van der Waals surface area contributed by atoms with Crippen LogP contribution in [-0.2, 0) is 0 Å². The predicted molar refractivity (Wildman–Crippen MR) is 148 cm³/mol. The zero-order valence-electron chi connectivity index (χ0n) is 22.5.